The zero-order valence-corrected chi connectivity index (χ0v) is 35.4. The third-order valence-electron chi connectivity index (χ3n) is 14.3. The normalized spacial score (nSPS) is 13.0. The Kier molecular flexibility index (Phi) is 7.64. The Morgan fingerprint density at radius 2 is 0.862 bits per heavy atom. The van der Waals surface area contributed by atoms with Gasteiger partial charge in [0.15, 0.2) is 0 Å². The summed E-state index contributed by atoms with van der Waals surface area (Å²) in [4.78, 5) is 2.50. The van der Waals surface area contributed by atoms with Crippen LogP contribution in [-0.4, -0.2) is 0 Å². The van der Waals surface area contributed by atoms with E-state index in [0.29, 0.717) is 0 Å². The van der Waals surface area contributed by atoms with E-state index in [-0.39, 0.29) is 0 Å². The van der Waals surface area contributed by atoms with Crippen LogP contribution in [0.3, 0.4) is 0 Å². The number of hydrogen-bond acceptors (Lipinski definition) is 2. The highest BCUT2D eigenvalue weighted by atomic mass is 16.3. The van der Waals surface area contributed by atoms with Gasteiger partial charge in [-0.3, -0.25) is 0 Å². The highest BCUT2D eigenvalue weighted by Crippen LogP contribution is 2.63. The summed E-state index contributed by atoms with van der Waals surface area (Å²) in [6, 6.07) is 87.1. The second-order valence-corrected chi connectivity index (χ2v) is 17.5. The van der Waals surface area contributed by atoms with E-state index in [0.717, 1.165) is 60.9 Å². The van der Waals surface area contributed by atoms with E-state index >= 15 is 0 Å². The van der Waals surface area contributed by atoms with Crippen molar-refractivity contribution in [2.45, 2.75) is 5.41 Å². The third kappa shape index (κ3) is 5.05. The zero-order chi connectivity index (χ0) is 42.6. The van der Waals surface area contributed by atoms with Gasteiger partial charge in [-0.2, -0.15) is 0 Å². The molecule has 2 aliphatic carbocycles. The van der Waals surface area contributed by atoms with Gasteiger partial charge in [0.1, 0.15) is 11.2 Å². The van der Waals surface area contributed by atoms with E-state index in [1.807, 2.05) is 0 Å². The number of benzene rings is 11. The van der Waals surface area contributed by atoms with Crippen molar-refractivity contribution in [2.24, 2.45) is 0 Å². The number of furan rings is 1. The van der Waals surface area contributed by atoms with Crippen molar-refractivity contribution in [2.75, 3.05) is 4.90 Å². The first-order valence-electron chi connectivity index (χ1n) is 22.5. The van der Waals surface area contributed by atoms with Crippen LogP contribution >= 0.6 is 0 Å². The van der Waals surface area contributed by atoms with Crippen molar-refractivity contribution in [3.05, 3.63) is 259 Å². The summed E-state index contributed by atoms with van der Waals surface area (Å²) < 4.78 is 6.97. The Bertz CT molecular complexity index is 3840. The molecule has 0 fully saturated rings. The van der Waals surface area contributed by atoms with Crippen LogP contribution in [0.15, 0.2) is 241 Å². The quantitative estimate of drug-likeness (QED) is 0.172. The van der Waals surface area contributed by atoms with Crippen molar-refractivity contribution in [3.63, 3.8) is 0 Å². The van der Waals surface area contributed by atoms with Crippen molar-refractivity contribution in [1.82, 2.24) is 0 Å². The summed E-state index contributed by atoms with van der Waals surface area (Å²) in [5.41, 5.74) is 19.7. The molecule has 0 N–H and O–H groups in total. The van der Waals surface area contributed by atoms with Crippen molar-refractivity contribution in [1.29, 1.82) is 0 Å². The van der Waals surface area contributed by atoms with Crippen molar-refractivity contribution in [3.8, 4) is 44.5 Å². The molecule has 11 aromatic carbocycles. The maximum absolute atomic E-state index is 6.97. The first-order valence-corrected chi connectivity index (χ1v) is 22.5. The van der Waals surface area contributed by atoms with Gasteiger partial charge in [0.25, 0.3) is 0 Å². The Hall–Kier alpha value is -8.46. The van der Waals surface area contributed by atoms with Gasteiger partial charge in [0.05, 0.1) is 11.1 Å². The molecule has 302 valence electrons. The van der Waals surface area contributed by atoms with E-state index in [4.69, 9.17) is 4.42 Å². The summed E-state index contributed by atoms with van der Waals surface area (Å²) in [6.45, 7) is 0. The fraction of sp³-hybridized carbons (Fsp3) is 0.0159. The number of fused-ring (bicyclic) bond motifs is 16. The van der Waals surface area contributed by atoms with Crippen LogP contribution in [0.1, 0.15) is 22.3 Å². The SMILES string of the molecule is c1ccc(-c2cccc(N(c3ccc4c(c3)C3(c5ccccc5-c5ccccc53)c3ccccc3-4)c3cc4c(oc5cccc(-c6cccc7ccccc67)c54)c4ccccc34)c2)cc1. The first kappa shape index (κ1) is 36.1. The largest absolute Gasteiger partial charge is 0.455 e. The minimum Gasteiger partial charge on any atom is -0.455 e. The van der Waals surface area contributed by atoms with E-state index < -0.39 is 5.41 Å². The molecule has 0 saturated heterocycles. The fourth-order valence-corrected chi connectivity index (χ4v) is 11.6. The molecule has 0 radical (unpaired) electrons. The van der Waals surface area contributed by atoms with Crippen molar-refractivity contribution >= 4 is 60.5 Å². The topological polar surface area (TPSA) is 16.4 Å². The van der Waals surface area contributed by atoms with Crippen LogP contribution in [0.2, 0.25) is 0 Å². The molecule has 1 spiro atoms. The van der Waals surface area contributed by atoms with Gasteiger partial charge in [0.2, 0.25) is 0 Å². The molecule has 14 rings (SSSR count). The van der Waals surface area contributed by atoms with Gasteiger partial charge in [0, 0.05) is 32.9 Å². The number of anilines is 3. The van der Waals surface area contributed by atoms with Crippen LogP contribution in [0, 0.1) is 0 Å². The maximum Gasteiger partial charge on any atom is 0.143 e. The number of rotatable bonds is 5. The predicted octanol–water partition coefficient (Wildman–Crippen LogP) is 17.0. The van der Waals surface area contributed by atoms with Gasteiger partial charge in [-0.25, -0.2) is 0 Å². The van der Waals surface area contributed by atoms with Crippen LogP contribution in [0.25, 0.3) is 88.0 Å². The average Bonchev–Trinajstić information content (AvgIpc) is 4.01. The Morgan fingerprint density at radius 3 is 1.62 bits per heavy atom. The molecule has 0 amide bonds. The van der Waals surface area contributed by atoms with E-state index in [1.165, 1.54) is 66.4 Å². The fourth-order valence-electron chi connectivity index (χ4n) is 11.6. The number of hydrogen-bond donors (Lipinski definition) is 0. The molecule has 2 heteroatoms. The highest BCUT2D eigenvalue weighted by Gasteiger charge is 2.51. The van der Waals surface area contributed by atoms with Gasteiger partial charge >= 0.3 is 0 Å². The van der Waals surface area contributed by atoms with Gasteiger partial charge in [-0.15, -0.1) is 0 Å². The molecule has 0 atom stereocenters. The van der Waals surface area contributed by atoms with E-state index in [9.17, 15) is 0 Å². The summed E-state index contributed by atoms with van der Waals surface area (Å²) in [7, 11) is 0. The second-order valence-electron chi connectivity index (χ2n) is 17.5. The molecule has 0 aliphatic heterocycles. The molecule has 65 heavy (non-hydrogen) atoms. The molecule has 1 heterocycles. The Balaban J connectivity index is 1.08. The summed E-state index contributed by atoms with van der Waals surface area (Å²) in [6.07, 6.45) is 0. The summed E-state index contributed by atoms with van der Waals surface area (Å²) in [5.74, 6) is 0. The molecule has 0 bridgehead atoms. The highest BCUT2D eigenvalue weighted by molar-refractivity contribution is 6.23. The molecule has 2 nitrogen and oxygen atoms in total. The minimum absolute atomic E-state index is 0.479. The lowest BCUT2D eigenvalue weighted by Gasteiger charge is -2.32. The van der Waals surface area contributed by atoms with Gasteiger partial charge in [-0.05, 0) is 114 Å². The Morgan fingerprint density at radius 1 is 0.323 bits per heavy atom. The lowest BCUT2D eigenvalue weighted by Crippen LogP contribution is -2.26. The molecular weight excluding hydrogens is 787 g/mol. The van der Waals surface area contributed by atoms with E-state index in [2.05, 4.69) is 241 Å². The predicted molar refractivity (Wildman–Crippen MR) is 271 cm³/mol. The lowest BCUT2D eigenvalue weighted by atomic mass is 9.70. The van der Waals surface area contributed by atoms with Crippen LogP contribution in [0.4, 0.5) is 17.1 Å². The first-order chi connectivity index (χ1) is 32.3. The smallest absolute Gasteiger partial charge is 0.143 e. The molecule has 0 unspecified atom stereocenters. The minimum atomic E-state index is -0.479. The van der Waals surface area contributed by atoms with Gasteiger partial charge in [-0.1, -0.05) is 200 Å². The maximum atomic E-state index is 6.97. The molecule has 0 saturated carbocycles. The van der Waals surface area contributed by atoms with Crippen molar-refractivity contribution < 1.29 is 4.42 Å². The van der Waals surface area contributed by atoms with Crippen LogP contribution in [0.5, 0.6) is 0 Å². The summed E-state index contributed by atoms with van der Waals surface area (Å²) in [5, 5.41) is 6.84. The molecule has 1 aromatic heterocycles. The van der Waals surface area contributed by atoms with Crippen LogP contribution < -0.4 is 4.90 Å². The lowest BCUT2D eigenvalue weighted by molar-refractivity contribution is 0.673. The standard InChI is InChI=1S/C63H39NO/c1-2-17-40(18-3-1)42-21-14-22-43(37-42)64(44-35-36-50-49-26-10-13-33-57(49)63(58(50)38-44)55-31-11-8-24-47(55)48-25-9-12-32-56(48)63)59-39-54-61-52(46-29-15-20-41-19-4-5-23-45(41)46)30-16-34-60(61)65-62(54)53-28-7-6-27-51(53)59/h1-39H. The second kappa shape index (κ2) is 13.8. The molecular formula is C63H39NO. The summed E-state index contributed by atoms with van der Waals surface area (Å²) >= 11 is 0. The number of nitrogens with zero attached hydrogens (tertiary/aromatic N) is 1. The monoisotopic (exact) mass is 825 g/mol. The van der Waals surface area contributed by atoms with E-state index in [1.54, 1.807) is 0 Å². The average molecular weight is 826 g/mol. The molecule has 2 aliphatic rings. The van der Waals surface area contributed by atoms with Crippen LogP contribution in [-0.2, 0) is 5.41 Å². The molecule has 12 aromatic rings. The third-order valence-corrected chi connectivity index (χ3v) is 14.3. The zero-order valence-electron chi connectivity index (χ0n) is 35.4. The Labute approximate surface area is 376 Å². The van der Waals surface area contributed by atoms with Gasteiger partial charge < -0.3 is 9.32 Å².